The zero-order valence-electron chi connectivity index (χ0n) is 11.2. The number of nitrogens with one attached hydrogen (secondary N) is 2. The largest absolute Gasteiger partial charge is 0.399 e. The fraction of sp³-hybridized carbons (Fsp3) is 0.462. The van der Waals surface area contributed by atoms with E-state index in [0.717, 1.165) is 0 Å². The standard InChI is InChI=1S/C13H21N3O2/c1-8(17)13(2,3)16-11-7-9(14)5-6-10(11)12(18)15-4/h5-8,16-17H,14H2,1-4H3,(H,15,18). The molecule has 0 heterocycles. The molecule has 1 unspecified atom stereocenters. The third kappa shape index (κ3) is 3.13. The normalized spacial score (nSPS) is 12.9. The maximum atomic E-state index is 11.7. The van der Waals surface area contributed by atoms with Crippen LogP contribution in [0.15, 0.2) is 18.2 Å². The SMILES string of the molecule is CNC(=O)c1ccc(N)cc1NC(C)(C)C(C)O. The summed E-state index contributed by atoms with van der Waals surface area (Å²) in [5.74, 6) is -0.195. The quantitative estimate of drug-likeness (QED) is 0.606. The monoisotopic (exact) mass is 251 g/mol. The molecule has 5 N–H and O–H groups in total. The molecule has 1 amide bonds. The van der Waals surface area contributed by atoms with Crippen molar-refractivity contribution in [1.29, 1.82) is 0 Å². The Labute approximate surface area is 107 Å². The van der Waals surface area contributed by atoms with Crippen LogP contribution in [0.3, 0.4) is 0 Å². The molecule has 18 heavy (non-hydrogen) atoms. The van der Waals surface area contributed by atoms with Gasteiger partial charge >= 0.3 is 0 Å². The minimum Gasteiger partial charge on any atom is -0.399 e. The van der Waals surface area contributed by atoms with Crippen LogP contribution in [0.1, 0.15) is 31.1 Å². The second-order valence-corrected chi connectivity index (χ2v) is 4.91. The molecule has 1 aromatic rings. The summed E-state index contributed by atoms with van der Waals surface area (Å²) in [6.07, 6.45) is -0.573. The van der Waals surface area contributed by atoms with E-state index < -0.39 is 11.6 Å². The third-order valence-corrected chi connectivity index (χ3v) is 3.02. The van der Waals surface area contributed by atoms with E-state index in [-0.39, 0.29) is 5.91 Å². The van der Waals surface area contributed by atoms with Crippen LogP contribution in [-0.2, 0) is 0 Å². The predicted molar refractivity (Wildman–Crippen MR) is 73.6 cm³/mol. The van der Waals surface area contributed by atoms with E-state index in [2.05, 4.69) is 10.6 Å². The van der Waals surface area contributed by atoms with Crippen LogP contribution in [0.4, 0.5) is 11.4 Å². The van der Waals surface area contributed by atoms with Crippen LogP contribution in [0, 0.1) is 0 Å². The van der Waals surface area contributed by atoms with Crippen LogP contribution in [0.25, 0.3) is 0 Å². The summed E-state index contributed by atoms with van der Waals surface area (Å²) >= 11 is 0. The highest BCUT2D eigenvalue weighted by molar-refractivity contribution is 6.00. The highest BCUT2D eigenvalue weighted by Gasteiger charge is 2.25. The van der Waals surface area contributed by atoms with Crippen LogP contribution in [0.5, 0.6) is 0 Å². The molecule has 0 fully saturated rings. The smallest absolute Gasteiger partial charge is 0.253 e. The van der Waals surface area contributed by atoms with Gasteiger partial charge in [-0.15, -0.1) is 0 Å². The molecular weight excluding hydrogens is 230 g/mol. The van der Waals surface area contributed by atoms with Gasteiger partial charge in [-0.2, -0.15) is 0 Å². The van der Waals surface area contributed by atoms with Crippen molar-refractivity contribution >= 4 is 17.3 Å². The van der Waals surface area contributed by atoms with Crippen molar-refractivity contribution in [1.82, 2.24) is 5.32 Å². The van der Waals surface area contributed by atoms with Crippen LogP contribution in [0.2, 0.25) is 0 Å². The maximum absolute atomic E-state index is 11.7. The number of rotatable bonds is 4. The molecule has 5 heteroatoms. The molecule has 0 aromatic heterocycles. The molecule has 1 rings (SSSR count). The van der Waals surface area contributed by atoms with Gasteiger partial charge in [0.15, 0.2) is 0 Å². The van der Waals surface area contributed by atoms with Crippen molar-refractivity contribution < 1.29 is 9.90 Å². The summed E-state index contributed by atoms with van der Waals surface area (Å²) < 4.78 is 0. The molecule has 1 atom stereocenters. The number of anilines is 2. The topological polar surface area (TPSA) is 87.4 Å². The van der Waals surface area contributed by atoms with E-state index in [9.17, 15) is 9.90 Å². The summed E-state index contributed by atoms with van der Waals surface area (Å²) in [6.45, 7) is 5.40. The number of aliphatic hydroxyl groups is 1. The van der Waals surface area contributed by atoms with Gasteiger partial charge in [-0.1, -0.05) is 0 Å². The third-order valence-electron chi connectivity index (χ3n) is 3.02. The highest BCUT2D eigenvalue weighted by atomic mass is 16.3. The zero-order valence-corrected chi connectivity index (χ0v) is 11.2. The Morgan fingerprint density at radius 2 is 2.06 bits per heavy atom. The average Bonchev–Trinajstić information content (AvgIpc) is 2.27. The first kappa shape index (κ1) is 14.3. The van der Waals surface area contributed by atoms with Gasteiger partial charge in [-0.25, -0.2) is 0 Å². The molecule has 1 aromatic carbocycles. The van der Waals surface area contributed by atoms with Gasteiger partial charge in [-0.3, -0.25) is 4.79 Å². The molecule has 5 nitrogen and oxygen atoms in total. The lowest BCUT2D eigenvalue weighted by atomic mass is 9.97. The van der Waals surface area contributed by atoms with Crippen LogP contribution >= 0.6 is 0 Å². The first-order chi connectivity index (χ1) is 8.27. The number of carbonyl (C=O) groups excluding carboxylic acids is 1. The molecule has 0 aliphatic rings. The van der Waals surface area contributed by atoms with Crippen molar-refractivity contribution in [2.45, 2.75) is 32.4 Å². The van der Waals surface area contributed by atoms with Crippen molar-refractivity contribution in [3.8, 4) is 0 Å². The predicted octanol–water partition coefficient (Wildman–Crippen LogP) is 1.20. The Kier molecular flexibility index (Phi) is 4.19. The molecule has 0 aliphatic heterocycles. The Balaban J connectivity index is 3.14. The number of benzene rings is 1. The van der Waals surface area contributed by atoms with Crippen molar-refractivity contribution in [2.24, 2.45) is 0 Å². The molecule has 0 radical (unpaired) electrons. The van der Waals surface area contributed by atoms with Crippen LogP contribution in [-0.4, -0.2) is 29.7 Å². The summed E-state index contributed by atoms with van der Waals surface area (Å²) in [5.41, 5.74) is 6.84. The van der Waals surface area contributed by atoms with E-state index in [1.54, 1.807) is 32.2 Å². The number of amides is 1. The summed E-state index contributed by atoms with van der Waals surface area (Å²) in [4.78, 5) is 11.7. The number of nitrogen functional groups attached to an aromatic ring is 1. The van der Waals surface area contributed by atoms with Gasteiger partial charge in [0.05, 0.1) is 17.2 Å². The number of carbonyl (C=O) groups is 1. The Morgan fingerprint density at radius 3 is 2.56 bits per heavy atom. The Bertz CT molecular complexity index is 442. The molecule has 0 saturated carbocycles. The van der Waals surface area contributed by atoms with Crippen molar-refractivity contribution in [3.63, 3.8) is 0 Å². The highest BCUT2D eigenvalue weighted by Crippen LogP contribution is 2.24. The first-order valence-corrected chi connectivity index (χ1v) is 5.86. The molecule has 100 valence electrons. The second kappa shape index (κ2) is 5.27. The minimum absolute atomic E-state index is 0.195. The first-order valence-electron chi connectivity index (χ1n) is 5.86. The van der Waals surface area contributed by atoms with E-state index in [0.29, 0.717) is 16.9 Å². The molecule has 0 bridgehead atoms. The minimum atomic E-state index is -0.573. The summed E-state index contributed by atoms with van der Waals surface area (Å²) in [6, 6.07) is 5.02. The van der Waals surface area contributed by atoms with Crippen molar-refractivity contribution in [3.05, 3.63) is 23.8 Å². The number of hydrogen-bond acceptors (Lipinski definition) is 4. The van der Waals surface area contributed by atoms with Crippen LogP contribution < -0.4 is 16.4 Å². The van der Waals surface area contributed by atoms with Crippen molar-refractivity contribution in [2.75, 3.05) is 18.1 Å². The van der Waals surface area contributed by atoms with E-state index in [1.807, 2.05) is 13.8 Å². The number of hydrogen-bond donors (Lipinski definition) is 4. The van der Waals surface area contributed by atoms with E-state index in [4.69, 9.17) is 5.73 Å². The van der Waals surface area contributed by atoms with Gasteiger partial charge in [-0.05, 0) is 39.0 Å². The number of aliphatic hydroxyl groups excluding tert-OH is 1. The maximum Gasteiger partial charge on any atom is 0.253 e. The van der Waals surface area contributed by atoms with E-state index in [1.165, 1.54) is 0 Å². The lowest BCUT2D eigenvalue weighted by Gasteiger charge is -2.31. The second-order valence-electron chi connectivity index (χ2n) is 4.91. The molecule has 0 spiro atoms. The zero-order chi connectivity index (χ0) is 13.9. The summed E-state index contributed by atoms with van der Waals surface area (Å²) in [5, 5.41) is 15.4. The molecular formula is C13H21N3O2. The Morgan fingerprint density at radius 1 is 1.44 bits per heavy atom. The number of nitrogens with two attached hydrogens (primary N) is 1. The fourth-order valence-corrected chi connectivity index (χ4v) is 1.45. The Hall–Kier alpha value is -1.75. The van der Waals surface area contributed by atoms with Gasteiger partial charge < -0.3 is 21.5 Å². The lowest BCUT2D eigenvalue weighted by Crippen LogP contribution is -2.42. The average molecular weight is 251 g/mol. The molecule has 0 saturated heterocycles. The molecule has 0 aliphatic carbocycles. The summed E-state index contributed by atoms with van der Waals surface area (Å²) in [7, 11) is 1.57. The van der Waals surface area contributed by atoms with Gasteiger partial charge in [0.1, 0.15) is 0 Å². The van der Waals surface area contributed by atoms with Gasteiger partial charge in [0.25, 0.3) is 5.91 Å². The van der Waals surface area contributed by atoms with Gasteiger partial charge in [0.2, 0.25) is 0 Å². The van der Waals surface area contributed by atoms with E-state index >= 15 is 0 Å². The fourth-order valence-electron chi connectivity index (χ4n) is 1.45. The van der Waals surface area contributed by atoms with Gasteiger partial charge in [0, 0.05) is 18.4 Å². The lowest BCUT2D eigenvalue weighted by molar-refractivity contribution is 0.0963.